The highest BCUT2D eigenvalue weighted by Gasteiger charge is 2.05. The largest absolute Gasteiger partial charge is 0.237 e. The van der Waals surface area contributed by atoms with Crippen LogP contribution in [0.5, 0.6) is 0 Å². The van der Waals surface area contributed by atoms with Crippen LogP contribution in [0.3, 0.4) is 0 Å². The molecule has 1 heterocycles. The Morgan fingerprint density at radius 1 is 0.938 bits per heavy atom. The van der Waals surface area contributed by atoms with Crippen LogP contribution < -0.4 is 0 Å². The molecule has 0 N–H and O–H groups in total. The fraction of sp³-hybridized carbons (Fsp3) is 0. The van der Waals surface area contributed by atoms with Crippen molar-refractivity contribution in [2.45, 2.75) is 0 Å². The average Bonchev–Trinajstić information content (AvgIpc) is 2.73. The molecule has 78 valence electrons. The molecule has 16 heavy (non-hydrogen) atoms. The zero-order valence-corrected chi connectivity index (χ0v) is 8.47. The number of hydrogen-bond acceptors (Lipinski definition) is 1. The second kappa shape index (κ2) is 3.45. The van der Waals surface area contributed by atoms with E-state index in [0.29, 0.717) is 5.69 Å². The van der Waals surface area contributed by atoms with Crippen LogP contribution in [0.1, 0.15) is 0 Å². The van der Waals surface area contributed by atoms with Crippen molar-refractivity contribution in [3.63, 3.8) is 0 Å². The van der Waals surface area contributed by atoms with E-state index in [1.165, 1.54) is 6.07 Å². The fourth-order valence-electron chi connectivity index (χ4n) is 1.73. The maximum absolute atomic E-state index is 13.5. The van der Waals surface area contributed by atoms with E-state index in [9.17, 15) is 4.39 Å². The molecule has 0 fully saturated rings. The van der Waals surface area contributed by atoms with Gasteiger partial charge < -0.3 is 0 Å². The second-order valence-electron chi connectivity index (χ2n) is 3.58. The number of fused-ring (bicyclic) bond motifs is 1. The lowest BCUT2D eigenvalue weighted by Gasteiger charge is -2.00. The zero-order valence-electron chi connectivity index (χ0n) is 8.47. The van der Waals surface area contributed by atoms with E-state index in [-0.39, 0.29) is 5.82 Å². The molecule has 0 saturated carbocycles. The first-order chi connectivity index (χ1) is 7.84. The molecule has 2 nitrogen and oxygen atoms in total. The minimum absolute atomic E-state index is 0.268. The number of halogens is 1. The molecule has 0 spiro atoms. The maximum Gasteiger partial charge on any atom is 0.148 e. The Labute approximate surface area is 91.9 Å². The van der Waals surface area contributed by atoms with Crippen LogP contribution in [-0.4, -0.2) is 9.78 Å². The molecule has 0 unspecified atom stereocenters. The predicted octanol–water partition coefficient (Wildman–Crippen LogP) is 3.16. The van der Waals surface area contributed by atoms with Crippen molar-refractivity contribution in [1.29, 1.82) is 0 Å². The molecule has 0 atom stereocenters. The lowest BCUT2D eigenvalue weighted by molar-refractivity contribution is 0.611. The normalized spacial score (nSPS) is 10.8. The van der Waals surface area contributed by atoms with Crippen LogP contribution >= 0.6 is 0 Å². The van der Waals surface area contributed by atoms with Crippen molar-refractivity contribution >= 4 is 10.9 Å². The Hall–Kier alpha value is -2.16. The van der Waals surface area contributed by atoms with Gasteiger partial charge in [0.1, 0.15) is 11.5 Å². The fourth-order valence-corrected chi connectivity index (χ4v) is 1.73. The standard InChI is InChI=1S/C13H9FN2/c14-11-6-2-4-8-13(11)16-9-10-5-1-3-7-12(10)15-16/h1-9H. The second-order valence-corrected chi connectivity index (χ2v) is 3.58. The van der Waals surface area contributed by atoms with Crippen LogP contribution in [0.2, 0.25) is 0 Å². The third-order valence-corrected chi connectivity index (χ3v) is 2.51. The summed E-state index contributed by atoms with van der Waals surface area (Å²) in [5.41, 5.74) is 1.34. The van der Waals surface area contributed by atoms with E-state index in [0.717, 1.165) is 10.9 Å². The van der Waals surface area contributed by atoms with Gasteiger partial charge in [0.2, 0.25) is 0 Å². The van der Waals surface area contributed by atoms with Crippen molar-refractivity contribution in [3.05, 3.63) is 60.5 Å². The average molecular weight is 212 g/mol. The minimum Gasteiger partial charge on any atom is -0.237 e. The van der Waals surface area contributed by atoms with Gasteiger partial charge in [-0.15, -0.1) is 0 Å². The Morgan fingerprint density at radius 2 is 1.69 bits per heavy atom. The van der Waals surface area contributed by atoms with E-state index < -0.39 is 0 Å². The monoisotopic (exact) mass is 212 g/mol. The van der Waals surface area contributed by atoms with Crippen molar-refractivity contribution in [3.8, 4) is 5.69 Å². The molecule has 3 aromatic rings. The van der Waals surface area contributed by atoms with Gasteiger partial charge in [-0.25, -0.2) is 9.07 Å². The quantitative estimate of drug-likeness (QED) is 0.605. The lowest BCUT2D eigenvalue weighted by Crippen LogP contribution is -1.97. The molecular formula is C13H9FN2. The minimum atomic E-state index is -0.268. The topological polar surface area (TPSA) is 17.8 Å². The summed E-state index contributed by atoms with van der Waals surface area (Å²) in [5.74, 6) is -0.268. The number of aromatic nitrogens is 2. The third-order valence-electron chi connectivity index (χ3n) is 2.51. The Bertz CT molecular complexity index is 610. The first-order valence-electron chi connectivity index (χ1n) is 5.04. The van der Waals surface area contributed by atoms with Gasteiger partial charge in [-0.05, 0) is 18.2 Å². The number of rotatable bonds is 1. The summed E-state index contributed by atoms with van der Waals surface area (Å²) in [4.78, 5) is 0. The van der Waals surface area contributed by atoms with Gasteiger partial charge >= 0.3 is 0 Å². The Morgan fingerprint density at radius 3 is 2.50 bits per heavy atom. The highest BCUT2D eigenvalue weighted by molar-refractivity contribution is 5.78. The van der Waals surface area contributed by atoms with Gasteiger partial charge in [-0.3, -0.25) is 0 Å². The summed E-state index contributed by atoms with van der Waals surface area (Å²) in [6.45, 7) is 0. The van der Waals surface area contributed by atoms with Crippen LogP contribution in [0.4, 0.5) is 4.39 Å². The lowest BCUT2D eigenvalue weighted by atomic mass is 10.3. The molecule has 0 aliphatic heterocycles. The maximum atomic E-state index is 13.5. The molecule has 0 radical (unpaired) electrons. The van der Waals surface area contributed by atoms with E-state index in [2.05, 4.69) is 5.10 Å². The zero-order chi connectivity index (χ0) is 11.0. The molecule has 0 saturated heterocycles. The molecule has 0 aliphatic carbocycles. The van der Waals surface area contributed by atoms with Crippen LogP contribution in [0, 0.1) is 5.82 Å². The molecular weight excluding hydrogens is 203 g/mol. The summed E-state index contributed by atoms with van der Waals surface area (Å²) in [6.07, 6.45) is 1.83. The molecule has 0 bridgehead atoms. The number of para-hydroxylation sites is 1. The summed E-state index contributed by atoms with van der Waals surface area (Å²) in [7, 11) is 0. The van der Waals surface area contributed by atoms with Crippen molar-refractivity contribution in [2.75, 3.05) is 0 Å². The van der Waals surface area contributed by atoms with Gasteiger partial charge in [0.05, 0.1) is 5.52 Å². The van der Waals surface area contributed by atoms with Crippen molar-refractivity contribution < 1.29 is 4.39 Å². The highest BCUT2D eigenvalue weighted by atomic mass is 19.1. The van der Waals surface area contributed by atoms with E-state index in [1.54, 1.807) is 22.9 Å². The summed E-state index contributed by atoms with van der Waals surface area (Å²) in [6, 6.07) is 14.3. The molecule has 0 aliphatic rings. The summed E-state index contributed by atoms with van der Waals surface area (Å²) in [5, 5.41) is 5.33. The first kappa shape index (κ1) is 9.09. The molecule has 2 aromatic carbocycles. The van der Waals surface area contributed by atoms with Crippen molar-refractivity contribution in [1.82, 2.24) is 9.78 Å². The van der Waals surface area contributed by atoms with Crippen LogP contribution in [0.25, 0.3) is 16.6 Å². The van der Waals surface area contributed by atoms with Gasteiger partial charge in [0.15, 0.2) is 0 Å². The highest BCUT2D eigenvalue weighted by Crippen LogP contribution is 2.17. The number of benzene rings is 2. The number of nitrogens with zero attached hydrogens (tertiary/aromatic N) is 2. The molecule has 0 amide bonds. The van der Waals surface area contributed by atoms with E-state index >= 15 is 0 Å². The van der Waals surface area contributed by atoms with E-state index in [1.807, 2.05) is 30.5 Å². The van der Waals surface area contributed by atoms with Crippen LogP contribution in [-0.2, 0) is 0 Å². The SMILES string of the molecule is Fc1ccccc1-n1cc2ccccc2n1. The molecule has 1 aromatic heterocycles. The Kier molecular flexibility index (Phi) is 1.96. The van der Waals surface area contributed by atoms with Crippen LogP contribution in [0.15, 0.2) is 54.7 Å². The van der Waals surface area contributed by atoms with Gasteiger partial charge in [-0.2, -0.15) is 5.10 Å². The first-order valence-corrected chi connectivity index (χ1v) is 5.04. The Balaban J connectivity index is 2.23. The van der Waals surface area contributed by atoms with E-state index in [4.69, 9.17) is 0 Å². The van der Waals surface area contributed by atoms with Gasteiger partial charge in [0, 0.05) is 11.6 Å². The third kappa shape index (κ3) is 1.37. The number of hydrogen-bond donors (Lipinski definition) is 0. The van der Waals surface area contributed by atoms with Gasteiger partial charge in [-0.1, -0.05) is 30.3 Å². The molecule has 3 rings (SSSR count). The van der Waals surface area contributed by atoms with Gasteiger partial charge in [0.25, 0.3) is 0 Å². The summed E-state index contributed by atoms with van der Waals surface area (Å²) < 4.78 is 15.1. The predicted molar refractivity (Wildman–Crippen MR) is 61.0 cm³/mol. The van der Waals surface area contributed by atoms with Crippen molar-refractivity contribution in [2.24, 2.45) is 0 Å². The smallest absolute Gasteiger partial charge is 0.148 e. The summed E-state index contributed by atoms with van der Waals surface area (Å²) >= 11 is 0. The molecule has 3 heteroatoms.